The Kier molecular flexibility index (Phi) is 10.1. The summed E-state index contributed by atoms with van der Waals surface area (Å²) in [5, 5.41) is 5.61. The number of aromatic nitrogens is 1. The van der Waals surface area contributed by atoms with Crippen molar-refractivity contribution < 1.29 is 19.1 Å². The van der Waals surface area contributed by atoms with E-state index in [-0.39, 0.29) is 30.0 Å². The summed E-state index contributed by atoms with van der Waals surface area (Å²) >= 11 is 0. The van der Waals surface area contributed by atoms with Crippen LogP contribution in [0, 0.1) is 5.92 Å². The molecular formula is C27H39N5O4. The second kappa shape index (κ2) is 13.2. The van der Waals surface area contributed by atoms with Crippen molar-refractivity contribution in [3.8, 4) is 5.75 Å². The number of likely N-dealkylation sites (N-methyl/N-ethyl adjacent to an activating group) is 1. The molecule has 9 heteroatoms. The lowest BCUT2D eigenvalue weighted by Crippen LogP contribution is -2.46. The lowest BCUT2D eigenvalue weighted by molar-refractivity contribution is 0.00901. The number of rotatable bonds is 6. The molecule has 36 heavy (non-hydrogen) atoms. The number of nitrogens with one attached hydrogen (secondary N) is 2. The minimum atomic E-state index is -0.291. The smallest absolute Gasteiger partial charge is 0.319 e. The number of methoxy groups -OCH3 is 1. The zero-order valence-electron chi connectivity index (χ0n) is 22.0. The van der Waals surface area contributed by atoms with E-state index in [1.807, 2.05) is 25.1 Å². The molecule has 3 atom stereocenters. The van der Waals surface area contributed by atoms with Gasteiger partial charge in [-0.3, -0.25) is 14.7 Å². The maximum atomic E-state index is 13.4. The third kappa shape index (κ3) is 7.41. The van der Waals surface area contributed by atoms with E-state index >= 15 is 0 Å². The van der Waals surface area contributed by atoms with Gasteiger partial charge in [0, 0.05) is 64.3 Å². The van der Waals surface area contributed by atoms with Crippen molar-refractivity contribution in [2.45, 2.75) is 45.9 Å². The monoisotopic (exact) mass is 497 g/mol. The molecule has 2 N–H and O–H groups in total. The Bertz CT molecular complexity index is 1000. The van der Waals surface area contributed by atoms with Gasteiger partial charge in [0.2, 0.25) is 0 Å². The second-order valence-corrected chi connectivity index (χ2v) is 9.44. The Morgan fingerprint density at radius 3 is 2.72 bits per heavy atom. The third-order valence-electron chi connectivity index (χ3n) is 6.46. The molecule has 196 valence electrons. The number of benzene rings is 1. The largest absolute Gasteiger partial charge is 0.491 e. The van der Waals surface area contributed by atoms with Crippen LogP contribution in [0.25, 0.3) is 0 Å². The molecule has 1 aliphatic rings. The molecule has 0 fully saturated rings. The lowest BCUT2D eigenvalue weighted by Gasteiger charge is -2.35. The normalized spacial score (nSPS) is 21.5. The summed E-state index contributed by atoms with van der Waals surface area (Å²) in [6.07, 6.45) is 2.51. The molecule has 0 saturated heterocycles. The Hall–Kier alpha value is -3.17. The van der Waals surface area contributed by atoms with Crippen molar-refractivity contribution in [3.63, 3.8) is 0 Å². The van der Waals surface area contributed by atoms with E-state index in [0.29, 0.717) is 43.2 Å². The molecule has 3 rings (SSSR count). The highest BCUT2D eigenvalue weighted by Crippen LogP contribution is 2.27. The van der Waals surface area contributed by atoms with Gasteiger partial charge >= 0.3 is 6.03 Å². The predicted octanol–water partition coefficient (Wildman–Crippen LogP) is 3.62. The number of nitrogens with zero attached hydrogens (tertiary/aromatic N) is 3. The van der Waals surface area contributed by atoms with Crippen molar-refractivity contribution in [2.24, 2.45) is 5.92 Å². The van der Waals surface area contributed by atoms with Gasteiger partial charge < -0.3 is 25.0 Å². The zero-order valence-corrected chi connectivity index (χ0v) is 22.0. The third-order valence-corrected chi connectivity index (χ3v) is 6.46. The molecule has 0 bridgehead atoms. The molecule has 0 spiro atoms. The van der Waals surface area contributed by atoms with Crippen LogP contribution >= 0.6 is 0 Å². The first-order valence-electron chi connectivity index (χ1n) is 12.6. The van der Waals surface area contributed by atoms with Crippen LogP contribution in [-0.4, -0.2) is 79.3 Å². The van der Waals surface area contributed by atoms with Gasteiger partial charge in [0.25, 0.3) is 5.91 Å². The molecule has 1 aromatic carbocycles. The van der Waals surface area contributed by atoms with Gasteiger partial charge in [0.1, 0.15) is 12.4 Å². The molecule has 0 radical (unpaired) electrons. The van der Waals surface area contributed by atoms with Crippen LogP contribution in [0.1, 0.15) is 43.2 Å². The van der Waals surface area contributed by atoms with Gasteiger partial charge in [-0.1, -0.05) is 19.9 Å². The predicted molar refractivity (Wildman–Crippen MR) is 140 cm³/mol. The van der Waals surface area contributed by atoms with Crippen LogP contribution in [0.3, 0.4) is 0 Å². The molecule has 9 nitrogen and oxygen atoms in total. The number of carbonyl (C=O) groups is 2. The first-order valence-corrected chi connectivity index (χ1v) is 12.6. The number of fused-ring (bicyclic) bond motifs is 1. The maximum Gasteiger partial charge on any atom is 0.319 e. The number of carbonyl (C=O) groups excluding carboxylic acids is 2. The van der Waals surface area contributed by atoms with Crippen molar-refractivity contribution in [1.82, 2.24) is 20.1 Å². The Labute approximate surface area is 214 Å². The molecule has 2 heterocycles. The molecule has 0 aliphatic carbocycles. The maximum absolute atomic E-state index is 13.4. The number of hydrogen-bond donors (Lipinski definition) is 2. The van der Waals surface area contributed by atoms with E-state index < -0.39 is 0 Å². The summed E-state index contributed by atoms with van der Waals surface area (Å²) in [7, 11) is 3.46. The van der Waals surface area contributed by atoms with Crippen LogP contribution in [0.5, 0.6) is 5.75 Å². The SMILES string of the molecule is CCCNC(=O)Nc1ccc2c(c1)OC[C@H](C)N(Cc1ccccn1)C[C@@H](C)[C@H](OC)CN(C)C2=O. The Balaban J connectivity index is 1.90. The highest BCUT2D eigenvalue weighted by Gasteiger charge is 2.28. The summed E-state index contributed by atoms with van der Waals surface area (Å²) in [4.78, 5) is 34.0. The van der Waals surface area contributed by atoms with Gasteiger partial charge in [-0.2, -0.15) is 0 Å². The van der Waals surface area contributed by atoms with Crippen LogP contribution in [0.15, 0.2) is 42.6 Å². The van der Waals surface area contributed by atoms with Gasteiger partial charge in [0.15, 0.2) is 0 Å². The van der Waals surface area contributed by atoms with Crippen molar-refractivity contribution in [2.75, 3.05) is 45.7 Å². The highest BCUT2D eigenvalue weighted by atomic mass is 16.5. The summed E-state index contributed by atoms with van der Waals surface area (Å²) < 4.78 is 12.1. The molecule has 0 saturated carbocycles. The number of pyridine rings is 1. The average molecular weight is 498 g/mol. The molecule has 1 aliphatic heterocycles. The van der Waals surface area contributed by atoms with Gasteiger partial charge in [-0.25, -0.2) is 4.79 Å². The number of amides is 3. The molecular weight excluding hydrogens is 458 g/mol. The van der Waals surface area contributed by atoms with Crippen LogP contribution in [0.4, 0.5) is 10.5 Å². The van der Waals surface area contributed by atoms with Gasteiger partial charge in [0.05, 0.1) is 17.4 Å². The summed E-state index contributed by atoms with van der Waals surface area (Å²) in [6, 6.07) is 10.8. The van der Waals surface area contributed by atoms with E-state index in [1.165, 1.54) is 0 Å². The van der Waals surface area contributed by atoms with Gasteiger partial charge in [-0.15, -0.1) is 0 Å². The van der Waals surface area contributed by atoms with Crippen molar-refractivity contribution in [1.29, 1.82) is 0 Å². The standard InChI is InChI=1S/C27H39N5O4/c1-6-12-29-27(34)30-21-10-11-23-24(14-21)36-18-20(3)32(16-22-9-7-8-13-28-22)15-19(2)25(35-5)17-31(4)26(23)33/h7-11,13-14,19-20,25H,6,12,15-18H2,1-5H3,(H2,29,30,34)/t19-,20+,25-/m1/s1. The van der Waals surface area contributed by atoms with Crippen LogP contribution in [-0.2, 0) is 11.3 Å². The fraction of sp³-hybridized carbons (Fsp3) is 0.519. The summed E-state index contributed by atoms with van der Waals surface area (Å²) in [5.74, 6) is 0.454. The molecule has 3 amide bonds. The quantitative estimate of drug-likeness (QED) is 0.633. The fourth-order valence-corrected chi connectivity index (χ4v) is 4.26. The van der Waals surface area contributed by atoms with E-state index in [4.69, 9.17) is 9.47 Å². The van der Waals surface area contributed by atoms with Crippen molar-refractivity contribution >= 4 is 17.6 Å². The topological polar surface area (TPSA) is 96.0 Å². The Morgan fingerprint density at radius 2 is 2.03 bits per heavy atom. The van der Waals surface area contributed by atoms with E-state index in [9.17, 15) is 9.59 Å². The van der Waals surface area contributed by atoms with Crippen molar-refractivity contribution in [3.05, 3.63) is 53.9 Å². The zero-order chi connectivity index (χ0) is 26.1. The number of urea groups is 1. The first kappa shape index (κ1) is 27.4. The second-order valence-electron chi connectivity index (χ2n) is 9.44. The van der Waals surface area contributed by atoms with Crippen LogP contribution < -0.4 is 15.4 Å². The average Bonchev–Trinajstić information content (AvgIpc) is 2.88. The van der Waals surface area contributed by atoms with E-state index in [1.54, 1.807) is 43.5 Å². The van der Waals surface area contributed by atoms with Gasteiger partial charge in [-0.05, 0) is 43.5 Å². The summed E-state index contributed by atoms with van der Waals surface area (Å²) in [5.41, 5.74) is 1.99. The molecule has 2 aromatic rings. The number of ether oxygens (including phenoxy) is 2. The highest BCUT2D eigenvalue weighted by molar-refractivity contribution is 5.98. The lowest BCUT2D eigenvalue weighted by atomic mass is 10.0. The number of anilines is 1. The first-order chi connectivity index (χ1) is 17.3. The minimum Gasteiger partial charge on any atom is -0.491 e. The Morgan fingerprint density at radius 1 is 1.22 bits per heavy atom. The minimum absolute atomic E-state index is 0.0385. The van der Waals surface area contributed by atoms with E-state index in [2.05, 4.69) is 34.4 Å². The van der Waals surface area contributed by atoms with E-state index in [0.717, 1.165) is 18.7 Å². The fourth-order valence-electron chi connectivity index (χ4n) is 4.26. The summed E-state index contributed by atoms with van der Waals surface area (Å²) in [6.45, 7) is 9.07. The number of hydrogen-bond acceptors (Lipinski definition) is 6. The van der Waals surface area contributed by atoms with Crippen LogP contribution in [0.2, 0.25) is 0 Å². The molecule has 0 unspecified atom stereocenters. The molecule has 1 aromatic heterocycles.